The average Bonchev–Trinajstić information content (AvgIpc) is 3.33. The molecule has 13 nitrogen and oxygen atoms in total. The van der Waals surface area contributed by atoms with E-state index in [4.69, 9.17) is 10.8 Å². The molecule has 3 rings (SSSR count). The molecular weight excluding hydrogens is 534 g/mol. The Kier molecular flexibility index (Phi) is 10.6. The molecule has 0 saturated heterocycles. The number of benzene rings is 2. The van der Waals surface area contributed by atoms with E-state index in [1.54, 1.807) is 42.6 Å². The van der Waals surface area contributed by atoms with Crippen LogP contribution in [0.3, 0.4) is 0 Å². The number of aliphatic hydroxyl groups excluding tert-OH is 1. The van der Waals surface area contributed by atoms with E-state index in [9.17, 15) is 34.2 Å². The number of hydrogen-bond donors (Lipinski definition) is 8. The van der Waals surface area contributed by atoms with Gasteiger partial charge in [-0.05, 0) is 24.1 Å². The molecule has 2 aromatic carbocycles. The molecular formula is C28H33N5O8. The number of amides is 3. The van der Waals surface area contributed by atoms with Crippen molar-refractivity contribution in [1.29, 1.82) is 0 Å². The second kappa shape index (κ2) is 14.1. The lowest BCUT2D eigenvalue weighted by Crippen LogP contribution is -2.60. The highest BCUT2D eigenvalue weighted by molar-refractivity contribution is 5.95. The minimum atomic E-state index is -1.57. The number of carboxylic acids is 2. The number of nitrogens with one attached hydrogen (secondary N) is 4. The molecule has 9 N–H and O–H groups in total. The Morgan fingerprint density at radius 1 is 0.829 bits per heavy atom. The van der Waals surface area contributed by atoms with Gasteiger partial charge in [0.05, 0.1) is 18.6 Å². The second-order valence-electron chi connectivity index (χ2n) is 9.65. The summed E-state index contributed by atoms with van der Waals surface area (Å²) in [4.78, 5) is 64.9. The van der Waals surface area contributed by atoms with Gasteiger partial charge in [-0.1, -0.05) is 48.5 Å². The Bertz CT molecular complexity index is 1390. The number of aromatic nitrogens is 1. The smallest absolute Gasteiger partial charge is 0.326 e. The molecule has 3 aromatic rings. The van der Waals surface area contributed by atoms with E-state index in [0.717, 1.165) is 10.9 Å². The van der Waals surface area contributed by atoms with Crippen LogP contribution < -0.4 is 21.7 Å². The summed E-state index contributed by atoms with van der Waals surface area (Å²) in [6.07, 6.45) is -0.572. The highest BCUT2D eigenvalue weighted by atomic mass is 16.4. The first-order valence-electron chi connectivity index (χ1n) is 12.8. The highest BCUT2D eigenvalue weighted by Gasteiger charge is 2.33. The predicted molar refractivity (Wildman–Crippen MR) is 147 cm³/mol. The van der Waals surface area contributed by atoms with E-state index in [2.05, 4.69) is 20.9 Å². The number of nitrogens with two attached hydrogens (primary N) is 1. The molecule has 0 spiro atoms. The van der Waals surface area contributed by atoms with Crippen molar-refractivity contribution in [2.75, 3.05) is 0 Å². The molecule has 0 radical (unpaired) electrons. The summed E-state index contributed by atoms with van der Waals surface area (Å²) >= 11 is 0. The van der Waals surface area contributed by atoms with Gasteiger partial charge in [0.15, 0.2) is 0 Å². The largest absolute Gasteiger partial charge is 0.481 e. The van der Waals surface area contributed by atoms with Crippen molar-refractivity contribution in [3.63, 3.8) is 0 Å². The van der Waals surface area contributed by atoms with Crippen molar-refractivity contribution < 1.29 is 39.3 Å². The molecule has 41 heavy (non-hydrogen) atoms. The maximum atomic E-state index is 13.3. The van der Waals surface area contributed by atoms with Gasteiger partial charge in [-0.2, -0.15) is 0 Å². The molecule has 0 aliphatic rings. The molecule has 218 valence electrons. The van der Waals surface area contributed by atoms with E-state index in [1.807, 2.05) is 18.2 Å². The van der Waals surface area contributed by atoms with Crippen LogP contribution >= 0.6 is 0 Å². The van der Waals surface area contributed by atoms with Crippen LogP contribution in [-0.2, 0) is 36.8 Å². The molecule has 1 aromatic heterocycles. The lowest BCUT2D eigenvalue weighted by atomic mass is 10.0. The predicted octanol–water partition coefficient (Wildman–Crippen LogP) is -0.325. The van der Waals surface area contributed by atoms with Gasteiger partial charge in [-0.15, -0.1) is 0 Å². The zero-order valence-electron chi connectivity index (χ0n) is 22.2. The van der Waals surface area contributed by atoms with E-state index >= 15 is 0 Å². The number of para-hydroxylation sites is 1. The Balaban J connectivity index is 1.76. The van der Waals surface area contributed by atoms with Crippen LogP contribution in [0.25, 0.3) is 10.9 Å². The number of hydrogen-bond acceptors (Lipinski definition) is 7. The van der Waals surface area contributed by atoms with Gasteiger partial charge in [-0.3, -0.25) is 19.2 Å². The molecule has 1 heterocycles. The lowest BCUT2D eigenvalue weighted by molar-refractivity contribution is -0.143. The first-order chi connectivity index (χ1) is 19.5. The van der Waals surface area contributed by atoms with Crippen molar-refractivity contribution in [2.45, 2.75) is 56.5 Å². The second-order valence-corrected chi connectivity index (χ2v) is 9.65. The van der Waals surface area contributed by atoms with Crippen molar-refractivity contribution >= 4 is 40.6 Å². The summed E-state index contributed by atoms with van der Waals surface area (Å²) in [6, 6.07) is 10.2. The van der Waals surface area contributed by atoms with Gasteiger partial charge in [0.25, 0.3) is 0 Å². The van der Waals surface area contributed by atoms with Crippen molar-refractivity contribution in [3.05, 3.63) is 71.9 Å². The fourth-order valence-electron chi connectivity index (χ4n) is 4.26. The Labute approximate surface area is 235 Å². The topological polar surface area (TPSA) is 224 Å². The zero-order chi connectivity index (χ0) is 30.1. The molecule has 0 aliphatic heterocycles. The van der Waals surface area contributed by atoms with Gasteiger partial charge in [0.2, 0.25) is 17.7 Å². The van der Waals surface area contributed by atoms with Crippen molar-refractivity contribution in [1.82, 2.24) is 20.9 Å². The van der Waals surface area contributed by atoms with E-state index in [1.165, 1.54) is 6.92 Å². The number of aromatic amines is 1. The van der Waals surface area contributed by atoms with Gasteiger partial charge >= 0.3 is 11.9 Å². The number of H-pyrrole nitrogens is 1. The molecule has 13 heteroatoms. The zero-order valence-corrected chi connectivity index (χ0v) is 22.2. The Hall–Kier alpha value is -4.75. The van der Waals surface area contributed by atoms with Gasteiger partial charge in [0.1, 0.15) is 18.1 Å². The number of aliphatic hydroxyl groups is 1. The standard InChI is InChI=1S/C28H33N5O8/c1-15(34)24(27(39)32-22(28(40)41)12-17-14-30-20-10-6-5-9-18(17)20)33-26(38)21(11-16-7-3-2-4-8-16)31-25(37)19(29)13-23(35)36/h2-10,14-15,19,21-22,24,30,34H,11-13,29H2,1H3,(H,31,37)(H,32,39)(H,33,38)(H,35,36)(H,40,41). The normalized spacial score (nSPS) is 14.7. The maximum Gasteiger partial charge on any atom is 0.326 e. The molecule has 5 atom stereocenters. The number of carbonyl (C=O) groups excluding carboxylic acids is 3. The monoisotopic (exact) mass is 567 g/mol. The third-order valence-electron chi connectivity index (χ3n) is 6.42. The summed E-state index contributed by atoms with van der Waals surface area (Å²) in [6.45, 7) is 1.24. The average molecular weight is 568 g/mol. The minimum absolute atomic E-state index is 0.0370. The molecule has 5 unspecified atom stereocenters. The molecule has 0 fully saturated rings. The van der Waals surface area contributed by atoms with Crippen LogP contribution in [0.2, 0.25) is 0 Å². The fraction of sp³-hybridized carbons (Fsp3) is 0.321. The van der Waals surface area contributed by atoms with E-state index in [-0.39, 0.29) is 12.8 Å². The lowest BCUT2D eigenvalue weighted by Gasteiger charge is -2.26. The quantitative estimate of drug-likeness (QED) is 0.128. The summed E-state index contributed by atoms with van der Waals surface area (Å²) in [5.74, 6) is -5.34. The minimum Gasteiger partial charge on any atom is -0.481 e. The molecule has 0 bridgehead atoms. The van der Waals surface area contributed by atoms with Crippen molar-refractivity contribution in [3.8, 4) is 0 Å². The number of carbonyl (C=O) groups is 5. The first-order valence-corrected chi connectivity index (χ1v) is 12.8. The summed E-state index contributed by atoms with van der Waals surface area (Å²) in [5.41, 5.74) is 7.73. The molecule has 0 aliphatic carbocycles. The fourth-order valence-corrected chi connectivity index (χ4v) is 4.26. The van der Waals surface area contributed by atoms with Crippen molar-refractivity contribution in [2.24, 2.45) is 5.73 Å². The molecule has 3 amide bonds. The van der Waals surface area contributed by atoms with Crippen LogP contribution in [-0.4, -0.2) is 80.2 Å². The number of fused-ring (bicyclic) bond motifs is 1. The number of carboxylic acid groups (broad SMARTS) is 2. The van der Waals surface area contributed by atoms with Crippen LogP contribution in [0.15, 0.2) is 60.8 Å². The maximum absolute atomic E-state index is 13.3. The van der Waals surface area contributed by atoms with E-state index in [0.29, 0.717) is 11.1 Å². The van der Waals surface area contributed by atoms with Gasteiger partial charge in [-0.25, -0.2) is 4.79 Å². The van der Waals surface area contributed by atoms with Gasteiger partial charge in [0, 0.05) is 29.9 Å². The summed E-state index contributed by atoms with van der Waals surface area (Å²) in [5, 5.41) is 37.0. The summed E-state index contributed by atoms with van der Waals surface area (Å²) in [7, 11) is 0. The van der Waals surface area contributed by atoms with Crippen LogP contribution in [0.4, 0.5) is 0 Å². The van der Waals surface area contributed by atoms with Gasteiger partial charge < -0.3 is 42.0 Å². The SMILES string of the molecule is CC(O)C(NC(=O)C(Cc1ccccc1)NC(=O)C(N)CC(=O)O)C(=O)NC(Cc1c[nH]c2ccccc12)C(=O)O. The third-order valence-corrected chi connectivity index (χ3v) is 6.42. The van der Waals surface area contributed by atoms with Crippen LogP contribution in [0, 0.1) is 0 Å². The number of aliphatic carboxylic acids is 2. The number of rotatable bonds is 14. The third kappa shape index (κ3) is 8.62. The van der Waals surface area contributed by atoms with E-state index < -0.39 is 66.4 Å². The molecule has 0 saturated carbocycles. The van der Waals surface area contributed by atoms with Crippen LogP contribution in [0.5, 0.6) is 0 Å². The summed E-state index contributed by atoms with van der Waals surface area (Å²) < 4.78 is 0. The van der Waals surface area contributed by atoms with Crippen LogP contribution in [0.1, 0.15) is 24.5 Å². The Morgan fingerprint density at radius 3 is 2.10 bits per heavy atom. The first kappa shape index (κ1) is 30.8. The highest BCUT2D eigenvalue weighted by Crippen LogP contribution is 2.19. The Morgan fingerprint density at radius 2 is 1.46 bits per heavy atom.